The van der Waals surface area contributed by atoms with Crippen molar-refractivity contribution < 1.29 is 17.5 Å². The maximum atomic E-state index is 14.6. The lowest BCUT2D eigenvalue weighted by Gasteiger charge is -2.22. The second-order valence-electron chi connectivity index (χ2n) is 11.2. The van der Waals surface area contributed by atoms with Crippen molar-refractivity contribution in [3.63, 3.8) is 0 Å². The second kappa shape index (κ2) is 11.4. The maximum absolute atomic E-state index is 14.6. The Morgan fingerprint density at radius 2 is 1.82 bits per heavy atom. The van der Waals surface area contributed by atoms with Gasteiger partial charge in [0.15, 0.2) is 11.5 Å². The van der Waals surface area contributed by atoms with Crippen molar-refractivity contribution in [2.24, 2.45) is 0 Å². The van der Waals surface area contributed by atoms with Crippen LogP contribution in [0, 0.1) is 5.82 Å². The minimum absolute atomic E-state index is 0.0240. The molecule has 1 fully saturated rings. The molecule has 0 radical (unpaired) electrons. The number of aromatic amines is 2. The highest BCUT2D eigenvalue weighted by Gasteiger charge is 2.19. The van der Waals surface area contributed by atoms with Crippen LogP contribution in [0.3, 0.4) is 0 Å². The van der Waals surface area contributed by atoms with Crippen molar-refractivity contribution in [2.45, 2.75) is 44.8 Å². The predicted molar refractivity (Wildman–Crippen MR) is 167 cm³/mol. The number of rotatable bonds is 8. The lowest BCUT2D eigenvalue weighted by molar-refractivity contribution is 0.154. The summed E-state index contributed by atoms with van der Waals surface area (Å²) >= 11 is 0. The topological polar surface area (TPSA) is 139 Å². The van der Waals surface area contributed by atoms with Crippen LogP contribution in [0.5, 0.6) is 5.75 Å². The number of imidazole rings is 1. The highest BCUT2D eigenvalue weighted by molar-refractivity contribution is 7.88. The van der Waals surface area contributed by atoms with Gasteiger partial charge in [0, 0.05) is 23.9 Å². The van der Waals surface area contributed by atoms with E-state index in [4.69, 9.17) is 14.7 Å². The number of sulfonamides is 1. The van der Waals surface area contributed by atoms with E-state index in [1.54, 1.807) is 18.5 Å². The summed E-state index contributed by atoms with van der Waals surface area (Å²) in [5, 5.41) is 7.57. The van der Waals surface area contributed by atoms with E-state index in [2.05, 4.69) is 24.9 Å². The molecule has 44 heavy (non-hydrogen) atoms. The third-order valence-corrected chi connectivity index (χ3v) is 8.48. The number of fused-ring (bicyclic) bond motifs is 2. The first-order valence-corrected chi connectivity index (χ1v) is 16.4. The van der Waals surface area contributed by atoms with Crippen LogP contribution in [0.4, 0.5) is 4.39 Å². The monoisotopic (exact) mass is 611 g/mol. The Kier molecular flexibility index (Phi) is 7.31. The zero-order chi connectivity index (χ0) is 30.3. The van der Waals surface area contributed by atoms with Crippen LogP contribution in [0.15, 0.2) is 67.0 Å². The zero-order valence-corrected chi connectivity index (χ0v) is 24.8. The summed E-state index contributed by atoms with van der Waals surface area (Å²) in [5.41, 5.74) is 6.64. The average Bonchev–Trinajstić information content (AvgIpc) is 3.64. The van der Waals surface area contributed by atoms with Gasteiger partial charge in [0.1, 0.15) is 17.1 Å². The molecule has 224 valence electrons. The van der Waals surface area contributed by atoms with Gasteiger partial charge in [-0.1, -0.05) is 18.6 Å². The highest BCUT2D eigenvalue weighted by atomic mass is 32.2. The summed E-state index contributed by atoms with van der Waals surface area (Å²) in [6.45, 7) is -0.0240. The first-order chi connectivity index (χ1) is 21.3. The molecule has 7 rings (SSSR count). The summed E-state index contributed by atoms with van der Waals surface area (Å²) in [7, 11) is -3.43. The Hall–Kier alpha value is -4.68. The SMILES string of the molecule is CS(=O)(=O)NCc1cc(F)cc(-c2cccc3[nH]c(-c4n[nH]c5ccc(-c6cncc(OC7CCCCC7)c6)nc45)nc23)c1. The normalized spacial score (nSPS) is 14.4. The smallest absolute Gasteiger partial charge is 0.209 e. The number of H-pyrrole nitrogens is 2. The van der Waals surface area contributed by atoms with Gasteiger partial charge in [-0.05, 0) is 79.3 Å². The fourth-order valence-corrected chi connectivity index (χ4v) is 6.15. The molecule has 0 spiro atoms. The van der Waals surface area contributed by atoms with E-state index in [9.17, 15) is 12.8 Å². The molecular weight excluding hydrogens is 581 g/mol. The van der Waals surface area contributed by atoms with Crippen LogP contribution in [-0.2, 0) is 16.6 Å². The van der Waals surface area contributed by atoms with Gasteiger partial charge in [0.2, 0.25) is 10.0 Å². The molecule has 0 bridgehead atoms. The van der Waals surface area contributed by atoms with Crippen molar-refractivity contribution in [3.8, 4) is 39.7 Å². The van der Waals surface area contributed by atoms with Crippen molar-refractivity contribution in [1.29, 1.82) is 0 Å². The van der Waals surface area contributed by atoms with Crippen LogP contribution in [-0.4, -0.2) is 50.9 Å². The van der Waals surface area contributed by atoms with E-state index in [1.165, 1.54) is 31.4 Å². The molecule has 4 heterocycles. The molecule has 1 saturated carbocycles. The summed E-state index contributed by atoms with van der Waals surface area (Å²) < 4.78 is 46.4. The summed E-state index contributed by atoms with van der Waals surface area (Å²) in [4.78, 5) is 17.5. The third kappa shape index (κ3) is 5.90. The molecule has 10 nitrogen and oxygen atoms in total. The fraction of sp³-hybridized carbons (Fsp3) is 0.250. The van der Waals surface area contributed by atoms with Crippen molar-refractivity contribution in [1.82, 2.24) is 34.9 Å². The minimum Gasteiger partial charge on any atom is -0.489 e. The lowest BCUT2D eigenvalue weighted by Crippen LogP contribution is -2.21. The third-order valence-electron chi connectivity index (χ3n) is 7.82. The van der Waals surface area contributed by atoms with Gasteiger partial charge in [0.05, 0.1) is 40.8 Å². The number of aromatic nitrogens is 6. The number of hydrogen-bond donors (Lipinski definition) is 3. The fourth-order valence-electron chi connectivity index (χ4n) is 5.72. The predicted octanol–water partition coefficient (Wildman–Crippen LogP) is 6.13. The van der Waals surface area contributed by atoms with Crippen LogP contribution in [0.2, 0.25) is 0 Å². The van der Waals surface area contributed by atoms with Gasteiger partial charge in [-0.3, -0.25) is 10.1 Å². The number of para-hydroxylation sites is 1. The lowest BCUT2D eigenvalue weighted by atomic mass is 9.98. The molecule has 1 aliphatic carbocycles. The van der Waals surface area contributed by atoms with Crippen molar-refractivity contribution >= 4 is 32.1 Å². The summed E-state index contributed by atoms with van der Waals surface area (Å²) in [6, 6.07) is 15.9. The molecule has 0 aliphatic heterocycles. The van der Waals surface area contributed by atoms with E-state index in [1.807, 2.05) is 36.4 Å². The number of nitrogens with zero attached hydrogens (tertiary/aromatic N) is 4. The molecule has 0 amide bonds. The Labute approximate surface area is 253 Å². The quantitative estimate of drug-likeness (QED) is 0.188. The number of pyridine rings is 2. The van der Waals surface area contributed by atoms with Crippen LogP contribution in [0.1, 0.15) is 37.7 Å². The van der Waals surface area contributed by atoms with E-state index >= 15 is 0 Å². The van der Waals surface area contributed by atoms with Crippen molar-refractivity contribution in [3.05, 3.63) is 78.4 Å². The molecule has 12 heteroatoms. The maximum Gasteiger partial charge on any atom is 0.209 e. The molecule has 0 atom stereocenters. The molecular formula is C32H30FN7O3S. The number of ether oxygens (including phenoxy) is 1. The summed E-state index contributed by atoms with van der Waals surface area (Å²) in [6.07, 6.45) is 10.6. The Balaban J connectivity index is 1.23. The first kappa shape index (κ1) is 28.1. The van der Waals surface area contributed by atoms with Crippen LogP contribution < -0.4 is 9.46 Å². The molecule has 3 N–H and O–H groups in total. The van der Waals surface area contributed by atoms with E-state index in [-0.39, 0.29) is 12.6 Å². The Morgan fingerprint density at radius 3 is 2.66 bits per heavy atom. The average molecular weight is 612 g/mol. The van der Waals surface area contributed by atoms with Gasteiger partial charge >= 0.3 is 0 Å². The van der Waals surface area contributed by atoms with E-state index < -0.39 is 15.8 Å². The number of nitrogens with one attached hydrogen (secondary N) is 3. The van der Waals surface area contributed by atoms with Gasteiger partial charge in [-0.15, -0.1) is 0 Å². The number of hydrogen-bond acceptors (Lipinski definition) is 7. The van der Waals surface area contributed by atoms with Crippen LogP contribution in [0.25, 0.3) is 56.0 Å². The summed E-state index contributed by atoms with van der Waals surface area (Å²) in [5.74, 6) is 0.769. The number of halogens is 1. The zero-order valence-electron chi connectivity index (χ0n) is 24.0. The highest BCUT2D eigenvalue weighted by Crippen LogP contribution is 2.33. The van der Waals surface area contributed by atoms with Crippen LogP contribution >= 0.6 is 0 Å². The second-order valence-corrected chi connectivity index (χ2v) is 13.0. The molecule has 4 aromatic heterocycles. The molecule has 2 aromatic carbocycles. The Morgan fingerprint density at radius 1 is 0.955 bits per heavy atom. The van der Waals surface area contributed by atoms with Gasteiger partial charge in [0.25, 0.3) is 0 Å². The van der Waals surface area contributed by atoms with Crippen molar-refractivity contribution in [2.75, 3.05) is 6.26 Å². The molecule has 0 unspecified atom stereocenters. The molecule has 1 aliphatic rings. The van der Waals surface area contributed by atoms with Gasteiger partial charge in [-0.2, -0.15) is 5.10 Å². The number of benzene rings is 2. The largest absolute Gasteiger partial charge is 0.489 e. The molecule has 6 aromatic rings. The van der Waals surface area contributed by atoms with E-state index in [0.29, 0.717) is 39.2 Å². The minimum atomic E-state index is -3.43. The first-order valence-electron chi connectivity index (χ1n) is 14.5. The molecule has 0 saturated heterocycles. The Bertz CT molecular complexity index is 2100. The van der Waals surface area contributed by atoms with Gasteiger partial charge < -0.3 is 9.72 Å². The standard InChI is InChI=1S/C32H30FN7O3S/c1-44(41,42)35-16-19-12-20(14-22(33)13-19)25-8-5-9-27-29(25)38-32(37-27)31-30-28(39-40-31)11-10-26(36-30)21-15-24(18-34-17-21)43-23-6-3-2-4-7-23/h5,8-15,17-18,23,35H,2-4,6-7,16H2,1H3,(H,37,38)(H,39,40). The van der Waals surface area contributed by atoms with E-state index in [0.717, 1.165) is 47.1 Å². The van der Waals surface area contributed by atoms with Gasteiger partial charge in [-0.25, -0.2) is 27.5 Å².